The topological polar surface area (TPSA) is 117 Å². The van der Waals surface area contributed by atoms with Crippen LogP contribution in [0, 0.1) is 17.1 Å². The summed E-state index contributed by atoms with van der Waals surface area (Å²) in [6.45, 7) is -0.535. The number of benzene rings is 2. The summed E-state index contributed by atoms with van der Waals surface area (Å²) < 4.78 is 44.9. The predicted octanol–water partition coefficient (Wildman–Crippen LogP) is 3.96. The molecular weight excluding hydrogens is 495 g/mol. The van der Waals surface area contributed by atoms with E-state index in [0.717, 1.165) is 0 Å². The summed E-state index contributed by atoms with van der Waals surface area (Å²) in [6, 6.07) is 8.14. The summed E-state index contributed by atoms with van der Waals surface area (Å²) in [5.74, 6) is -3.79. The fraction of sp³-hybridized carbons (Fsp3) is 0.250. The van der Waals surface area contributed by atoms with E-state index in [1.807, 2.05) is 6.07 Å². The molecule has 184 valence electrons. The fourth-order valence-electron chi connectivity index (χ4n) is 4.63. The molecule has 0 bridgehead atoms. The van der Waals surface area contributed by atoms with Crippen LogP contribution < -0.4 is 16.2 Å². The van der Waals surface area contributed by atoms with Crippen molar-refractivity contribution in [3.63, 3.8) is 0 Å². The molecule has 4 aromatic rings. The van der Waals surface area contributed by atoms with Gasteiger partial charge < -0.3 is 10.6 Å². The summed E-state index contributed by atoms with van der Waals surface area (Å²) in [5, 5.41) is 21.3. The molecule has 0 unspecified atom stereocenters. The molecular formula is C24H19ClF3N7O. The molecule has 1 saturated heterocycles. The lowest BCUT2D eigenvalue weighted by Gasteiger charge is -2.22. The molecule has 2 aromatic carbocycles. The first-order valence-corrected chi connectivity index (χ1v) is 11.3. The van der Waals surface area contributed by atoms with Crippen molar-refractivity contribution in [3.05, 3.63) is 62.9 Å². The third-order valence-electron chi connectivity index (χ3n) is 6.37. The van der Waals surface area contributed by atoms with Crippen molar-refractivity contribution in [2.75, 3.05) is 18.0 Å². The average Bonchev–Trinajstić information content (AvgIpc) is 3.42. The summed E-state index contributed by atoms with van der Waals surface area (Å²) in [7, 11) is 1.57. The van der Waals surface area contributed by atoms with Crippen LogP contribution in [0.1, 0.15) is 17.7 Å². The van der Waals surface area contributed by atoms with Crippen LogP contribution in [-0.2, 0) is 13.6 Å². The van der Waals surface area contributed by atoms with Gasteiger partial charge in [0.1, 0.15) is 6.07 Å². The zero-order valence-corrected chi connectivity index (χ0v) is 19.7. The number of nitrogens with zero attached hydrogens (tertiary/aromatic N) is 5. The Hall–Kier alpha value is -3.88. The number of hydrogen-bond acceptors (Lipinski definition) is 6. The third kappa shape index (κ3) is 3.79. The van der Waals surface area contributed by atoms with Gasteiger partial charge in [0.2, 0.25) is 0 Å². The van der Waals surface area contributed by atoms with Crippen LogP contribution in [0.2, 0.25) is 5.02 Å². The Kier molecular flexibility index (Phi) is 5.73. The van der Waals surface area contributed by atoms with Crippen LogP contribution in [-0.4, -0.2) is 39.0 Å². The molecule has 2 aromatic heterocycles. The Bertz CT molecular complexity index is 1620. The van der Waals surface area contributed by atoms with E-state index >= 15 is 4.39 Å². The number of alkyl halides is 2. The van der Waals surface area contributed by atoms with Crippen LogP contribution in [0.25, 0.3) is 33.2 Å². The number of nitrogens with two attached hydrogens (primary N) is 1. The largest absolute Gasteiger partial charge is 0.364 e. The standard InChI is InChI=1S/C24H19ClF3N7O/c1-34-22(16(10-31-34)12-2-3-13-14(6-12)18(9-30)32-33-23(13)36)20-15(8-29)19(7-17(25)21(20)26)35-5-4-24(27,28)11-35/h2-3,6-7,10H,4-5,9,11,30H2,1H3,(H,33,36). The maximum Gasteiger partial charge on any atom is 0.272 e. The molecule has 3 heterocycles. The van der Waals surface area contributed by atoms with E-state index in [9.17, 15) is 18.8 Å². The maximum atomic E-state index is 15.6. The summed E-state index contributed by atoms with van der Waals surface area (Å²) >= 11 is 6.21. The zero-order chi connectivity index (χ0) is 25.8. The number of hydrogen-bond donors (Lipinski definition) is 2. The first-order chi connectivity index (χ1) is 17.1. The highest BCUT2D eigenvalue weighted by atomic mass is 35.5. The monoisotopic (exact) mass is 513 g/mol. The number of rotatable bonds is 4. The Morgan fingerprint density at radius 2 is 2.08 bits per heavy atom. The molecule has 5 rings (SSSR count). The predicted molar refractivity (Wildman–Crippen MR) is 129 cm³/mol. The number of aromatic nitrogens is 4. The van der Waals surface area contributed by atoms with E-state index in [1.54, 1.807) is 25.2 Å². The number of anilines is 1. The normalized spacial score (nSPS) is 15.0. The Morgan fingerprint density at radius 3 is 2.75 bits per heavy atom. The molecule has 0 aliphatic carbocycles. The van der Waals surface area contributed by atoms with Gasteiger partial charge in [-0.05, 0) is 23.8 Å². The van der Waals surface area contributed by atoms with E-state index in [-0.39, 0.29) is 52.6 Å². The van der Waals surface area contributed by atoms with Crippen molar-refractivity contribution in [3.8, 4) is 28.5 Å². The molecule has 8 nitrogen and oxygen atoms in total. The lowest BCUT2D eigenvalue weighted by molar-refractivity contribution is 0.0257. The number of aryl methyl sites for hydroxylation is 1. The number of nitrogens with one attached hydrogen (secondary N) is 1. The highest BCUT2D eigenvalue weighted by Crippen LogP contribution is 2.43. The molecule has 0 amide bonds. The number of H-pyrrole nitrogens is 1. The SMILES string of the molecule is Cn1ncc(-c2ccc3c(=O)[nH]nc(CN)c3c2)c1-c1c(F)c(Cl)cc(N2CCC(F)(F)C2)c1C#N. The quantitative estimate of drug-likeness (QED) is 0.426. The Balaban J connectivity index is 1.75. The first kappa shape index (κ1) is 23.8. The smallest absolute Gasteiger partial charge is 0.272 e. The molecule has 0 saturated carbocycles. The molecule has 36 heavy (non-hydrogen) atoms. The van der Waals surface area contributed by atoms with Gasteiger partial charge in [0, 0.05) is 37.5 Å². The Labute approximate surface area is 207 Å². The third-order valence-corrected chi connectivity index (χ3v) is 6.64. The van der Waals surface area contributed by atoms with E-state index < -0.39 is 18.3 Å². The van der Waals surface area contributed by atoms with Gasteiger partial charge >= 0.3 is 0 Å². The van der Waals surface area contributed by atoms with Crippen LogP contribution >= 0.6 is 11.6 Å². The minimum atomic E-state index is -2.93. The van der Waals surface area contributed by atoms with E-state index in [0.29, 0.717) is 27.6 Å². The van der Waals surface area contributed by atoms with Gasteiger partial charge in [-0.15, -0.1) is 0 Å². The van der Waals surface area contributed by atoms with Crippen molar-refractivity contribution in [2.24, 2.45) is 12.8 Å². The van der Waals surface area contributed by atoms with E-state index in [1.165, 1.54) is 21.8 Å². The second-order valence-corrected chi connectivity index (χ2v) is 8.98. The number of aromatic amines is 1. The van der Waals surface area contributed by atoms with Crippen molar-refractivity contribution < 1.29 is 13.2 Å². The van der Waals surface area contributed by atoms with Crippen LogP contribution in [0.15, 0.2) is 35.3 Å². The van der Waals surface area contributed by atoms with Crippen LogP contribution in [0.3, 0.4) is 0 Å². The van der Waals surface area contributed by atoms with Crippen LogP contribution in [0.4, 0.5) is 18.9 Å². The van der Waals surface area contributed by atoms with Gasteiger partial charge in [-0.3, -0.25) is 9.48 Å². The van der Waals surface area contributed by atoms with Crippen LogP contribution in [0.5, 0.6) is 0 Å². The van der Waals surface area contributed by atoms with Gasteiger partial charge in [0.25, 0.3) is 11.5 Å². The molecule has 0 radical (unpaired) electrons. The van der Waals surface area contributed by atoms with Gasteiger partial charge in [0.05, 0.1) is 51.4 Å². The summed E-state index contributed by atoms with van der Waals surface area (Å²) in [5.41, 5.74) is 6.95. The van der Waals surface area contributed by atoms with E-state index in [4.69, 9.17) is 17.3 Å². The molecule has 3 N–H and O–H groups in total. The molecule has 1 aliphatic rings. The number of nitriles is 1. The van der Waals surface area contributed by atoms with Crippen molar-refractivity contribution in [1.82, 2.24) is 20.0 Å². The zero-order valence-electron chi connectivity index (χ0n) is 18.9. The minimum Gasteiger partial charge on any atom is -0.364 e. The molecule has 1 aliphatic heterocycles. The number of fused-ring (bicyclic) bond motifs is 1. The summed E-state index contributed by atoms with van der Waals surface area (Å²) in [4.78, 5) is 13.6. The molecule has 0 atom stereocenters. The minimum absolute atomic E-state index is 0.00455. The Morgan fingerprint density at radius 1 is 1.31 bits per heavy atom. The van der Waals surface area contributed by atoms with Crippen molar-refractivity contribution >= 4 is 28.1 Å². The molecule has 1 fully saturated rings. The summed E-state index contributed by atoms with van der Waals surface area (Å²) in [6.07, 6.45) is 1.11. The lowest BCUT2D eigenvalue weighted by atomic mass is 9.95. The number of halogens is 4. The second kappa shape index (κ2) is 8.65. The highest BCUT2D eigenvalue weighted by Gasteiger charge is 2.40. The van der Waals surface area contributed by atoms with Gasteiger partial charge in [-0.25, -0.2) is 18.3 Å². The molecule has 12 heteroatoms. The van der Waals surface area contributed by atoms with E-state index in [2.05, 4.69) is 15.3 Å². The average molecular weight is 514 g/mol. The first-order valence-electron chi connectivity index (χ1n) is 10.9. The fourth-order valence-corrected chi connectivity index (χ4v) is 4.83. The molecule has 0 spiro atoms. The highest BCUT2D eigenvalue weighted by molar-refractivity contribution is 6.31. The van der Waals surface area contributed by atoms with Crippen molar-refractivity contribution in [2.45, 2.75) is 18.9 Å². The van der Waals surface area contributed by atoms with Gasteiger partial charge in [-0.2, -0.15) is 15.5 Å². The van der Waals surface area contributed by atoms with Gasteiger partial charge in [-0.1, -0.05) is 17.7 Å². The lowest BCUT2D eigenvalue weighted by Crippen LogP contribution is -2.26. The van der Waals surface area contributed by atoms with Gasteiger partial charge in [0.15, 0.2) is 5.82 Å². The van der Waals surface area contributed by atoms with Crippen molar-refractivity contribution in [1.29, 1.82) is 5.26 Å². The second-order valence-electron chi connectivity index (χ2n) is 8.58. The maximum absolute atomic E-state index is 15.6.